The van der Waals surface area contributed by atoms with Gasteiger partial charge < -0.3 is 0 Å². The molecule has 18 heavy (non-hydrogen) atoms. The van der Waals surface area contributed by atoms with Crippen LogP contribution in [0.3, 0.4) is 0 Å². The van der Waals surface area contributed by atoms with Crippen molar-refractivity contribution in [2.75, 3.05) is 0 Å². The highest BCUT2D eigenvalue weighted by Gasteiger charge is 2.10. The molecule has 0 saturated heterocycles. The Balaban J connectivity index is 2.40. The van der Waals surface area contributed by atoms with Crippen molar-refractivity contribution in [2.45, 2.75) is 26.9 Å². The molecule has 0 amide bonds. The fourth-order valence-electron chi connectivity index (χ4n) is 1.73. The van der Waals surface area contributed by atoms with E-state index in [1.54, 1.807) is 0 Å². The minimum Gasteiger partial charge on any atom is -0.292 e. The van der Waals surface area contributed by atoms with E-state index in [4.69, 9.17) is 11.6 Å². The largest absolute Gasteiger partial charge is 0.292 e. The average Bonchev–Trinajstić information content (AvgIpc) is 2.70. The summed E-state index contributed by atoms with van der Waals surface area (Å²) in [6.45, 7) is 5.18. The van der Waals surface area contributed by atoms with E-state index in [0.717, 1.165) is 17.9 Å². The molecule has 0 aromatic carbocycles. The average molecular weight is 379 g/mol. The van der Waals surface area contributed by atoms with Crippen LogP contribution in [0.5, 0.6) is 0 Å². The van der Waals surface area contributed by atoms with Gasteiger partial charge in [-0.3, -0.25) is 14.0 Å². The lowest BCUT2D eigenvalue weighted by Gasteiger charge is -2.07. The zero-order valence-corrected chi connectivity index (χ0v) is 12.9. The van der Waals surface area contributed by atoms with E-state index in [0.29, 0.717) is 10.1 Å². The quantitative estimate of drug-likeness (QED) is 0.607. The predicted molar refractivity (Wildman–Crippen MR) is 78.0 cm³/mol. The molecule has 2 heterocycles. The second-order valence-corrected chi connectivity index (χ2v) is 5.31. The zero-order chi connectivity index (χ0) is 13.3. The van der Waals surface area contributed by atoms with Crippen LogP contribution in [-0.4, -0.2) is 19.3 Å². The monoisotopic (exact) mass is 378 g/mol. The summed E-state index contributed by atoms with van der Waals surface area (Å²) in [7, 11) is 0. The fourth-order valence-corrected chi connectivity index (χ4v) is 2.30. The van der Waals surface area contributed by atoms with Crippen LogP contribution in [0.4, 0.5) is 0 Å². The highest BCUT2D eigenvalue weighted by Crippen LogP contribution is 2.11. The highest BCUT2D eigenvalue weighted by atomic mass is 127. The predicted octanol–water partition coefficient (Wildman–Crippen LogP) is 2.07. The molecule has 2 aromatic heterocycles. The molecular weight excluding hydrogens is 367 g/mol. The summed E-state index contributed by atoms with van der Waals surface area (Å²) in [5, 5.41) is 4.60. The molecule has 0 spiro atoms. The standard InChI is InChI=1S/C11H12ClIN4O/c1-3-17-8(4-7(2)15-17)5-16-6-14-10(12)9(13)11(16)18/h4,6H,3,5H2,1-2H3. The van der Waals surface area contributed by atoms with Gasteiger partial charge in [-0.25, -0.2) is 4.98 Å². The Kier molecular flexibility index (Phi) is 4.06. The van der Waals surface area contributed by atoms with Crippen LogP contribution in [0, 0.1) is 10.5 Å². The van der Waals surface area contributed by atoms with Crippen LogP contribution in [0.2, 0.25) is 5.15 Å². The Hall–Kier alpha value is -0.890. The number of hydrogen-bond acceptors (Lipinski definition) is 3. The molecule has 7 heteroatoms. The molecule has 0 aliphatic carbocycles. The smallest absolute Gasteiger partial charge is 0.268 e. The van der Waals surface area contributed by atoms with E-state index >= 15 is 0 Å². The number of aromatic nitrogens is 4. The Morgan fingerprint density at radius 3 is 2.89 bits per heavy atom. The number of rotatable bonds is 3. The molecule has 0 fully saturated rings. The van der Waals surface area contributed by atoms with Crippen LogP contribution in [0.25, 0.3) is 0 Å². The molecular formula is C11H12ClIN4O. The molecule has 0 aliphatic heterocycles. The Labute approximate surface area is 123 Å². The van der Waals surface area contributed by atoms with Gasteiger partial charge >= 0.3 is 0 Å². The molecule has 2 aromatic rings. The summed E-state index contributed by atoms with van der Waals surface area (Å²) < 4.78 is 3.86. The first-order valence-electron chi connectivity index (χ1n) is 5.46. The van der Waals surface area contributed by atoms with E-state index in [2.05, 4.69) is 10.1 Å². The van der Waals surface area contributed by atoms with Gasteiger partial charge in [-0.2, -0.15) is 5.10 Å². The lowest BCUT2D eigenvalue weighted by Crippen LogP contribution is -2.24. The Bertz CT molecular complexity index is 634. The molecule has 0 aliphatic rings. The molecule has 0 atom stereocenters. The Morgan fingerprint density at radius 1 is 1.50 bits per heavy atom. The van der Waals surface area contributed by atoms with Gasteiger partial charge in [0, 0.05) is 6.54 Å². The second-order valence-electron chi connectivity index (χ2n) is 3.88. The number of aryl methyl sites for hydroxylation is 2. The number of hydrogen-bond donors (Lipinski definition) is 0. The molecule has 0 saturated carbocycles. The van der Waals surface area contributed by atoms with Crippen molar-refractivity contribution in [3.8, 4) is 0 Å². The lowest BCUT2D eigenvalue weighted by molar-refractivity contribution is 0.587. The fraction of sp³-hybridized carbons (Fsp3) is 0.364. The van der Waals surface area contributed by atoms with Crippen molar-refractivity contribution < 1.29 is 0 Å². The summed E-state index contributed by atoms with van der Waals surface area (Å²) in [5.74, 6) is 0. The molecule has 0 unspecified atom stereocenters. The van der Waals surface area contributed by atoms with E-state index in [9.17, 15) is 4.79 Å². The summed E-state index contributed by atoms with van der Waals surface area (Å²) in [5.41, 5.74) is 1.80. The molecule has 0 N–H and O–H groups in total. The SMILES string of the molecule is CCn1nc(C)cc1Cn1cnc(Cl)c(I)c1=O. The van der Waals surface area contributed by atoms with Gasteiger partial charge in [0.1, 0.15) is 8.72 Å². The van der Waals surface area contributed by atoms with Gasteiger partial charge in [-0.1, -0.05) is 11.6 Å². The summed E-state index contributed by atoms with van der Waals surface area (Å²) in [6, 6.07) is 1.97. The maximum absolute atomic E-state index is 12.0. The highest BCUT2D eigenvalue weighted by molar-refractivity contribution is 14.1. The van der Waals surface area contributed by atoms with Gasteiger partial charge in [-0.15, -0.1) is 0 Å². The maximum atomic E-state index is 12.0. The lowest BCUT2D eigenvalue weighted by atomic mass is 10.3. The first-order chi connectivity index (χ1) is 8.52. The summed E-state index contributed by atoms with van der Waals surface area (Å²) in [6.07, 6.45) is 1.47. The van der Waals surface area contributed by atoms with Gasteiger partial charge in [0.25, 0.3) is 5.56 Å². The van der Waals surface area contributed by atoms with E-state index in [-0.39, 0.29) is 10.7 Å². The van der Waals surface area contributed by atoms with Crippen LogP contribution in [0.1, 0.15) is 18.3 Å². The maximum Gasteiger partial charge on any atom is 0.268 e. The van der Waals surface area contributed by atoms with Crippen molar-refractivity contribution in [3.63, 3.8) is 0 Å². The van der Waals surface area contributed by atoms with Gasteiger partial charge in [0.15, 0.2) is 0 Å². The molecule has 0 radical (unpaired) electrons. The number of nitrogens with zero attached hydrogens (tertiary/aromatic N) is 4. The molecule has 0 bridgehead atoms. The van der Waals surface area contributed by atoms with Crippen molar-refractivity contribution in [1.82, 2.24) is 19.3 Å². The van der Waals surface area contributed by atoms with E-state index in [1.165, 1.54) is 10.9 Å². The van der Waals surface area contributed by atoms with Crippen LogP contribution in [0.15, 0.2) is 17.2 Å². The topological polar surface area (TPSA) is 52.7 Å². The summed E-state index contributed by atoms with van der Waals surface area (Å²) >= 11 is 7.71. The van der Waals surface area contributed by atoms with Crippen molar-refractivity contribution >= 4 is 34.2 Å². The third kappa shape index (κ3) is 2.59. The summed E-state index contributed by atoms with van der Waals surface area (Å²) in [4.78, 5) is 16.0. The minimum atomic E-state index is -0.128. The van der Waals surface area contributed by atoms with Crippen molar-refractivity contribution in [1.29, 1.82) is 0 Å². The van der Waals surface area contributed by atoms with E-state index in [1.807, 2.05) is 47.2 Å². The second kappa shape index (κ2) is 5.40. The third-order valence-corrected chi connectivity index (χ3v) is 4.14. The van der Waals surface area contributed by atoms with Gasteiger partial charge in [-0.05, 0) is 42.5 Å². The van der Waals surface area contributed by atoms with Crippen LogP contribution < -0.4 is 5.56 Å². The normalized spacial score (nSPS) is 10.9. The number of halogens is 2. The first kappa shape index (κ1) is 13.5. The molecule has 2 rings (SSSR count). The van der Waals surface area contributed by atoms with Gasteiger partial charge in [0.05, 0.1) is 24.3 Å². The Morgan fingerprint density at radius 2 is 2.22 bits per heavy atom. The minimum absolute atomic E-state index is 0.128. The van der Waals surface area contributed by atoms with Crippen LogP contribution in [-0.2, 0) is 13.1 Å². The van der Waals surface area contributed by atoms with E-state index < -0.39 is 0 Å². The van der Waals surface area contributed by atoms with Crippen LogP contribution >= 0.6 is 34.2 Å². The zero-order valence-electron chi connectivity index (χ0n) is 10.0. The van der Waals surface area contributed by atoms with Crippen molar-refractivity contribution in [2.24, 2.45) is 0 Å². The molecule has 5 nitrogen and oxygen atoms in total. The third-order valence-electron chi connectivity index (χ3n) is 2.56. The first-order valence-corrected chi connectivity index (χ1v) is 6.92. The molecule has 96 valence electrons. The van der Waals surface area contributed by atoms with Crippen molar-refractivity contribution in [3.05, 3.63) is 42.9 Å². The van der Waals surface area contributed by atoms with Gasteiger partial charge in [0.2, 0.25) is 0 Å².